The van der Waals surface area contributed by atoms with Gasteiger partial charge in [-0.3, -0.25) is 9.59 Å². The average Bonchev–Trinajstić information content (AvgIpc) is 2.64. The molecule has 2 aromatic rings. The number of para-hydroxylation sites is 2. The number of carbonyl (C=O) groups excluding carboxylic acids is 2. The molecule has 0 saturated carbocycles. The zero-order valence-corrected chi connectivity index (χ0v) is 13.8. The molecule has 0 fully saturated rings. The van der Waals surface area contributed by atoms with Gasteiger partial charge < -0.3 is 20.1 Å². The summed E-state index contributed by atoms with van der Waals surface area (Å²) in [6.07, 6.45) is 0. The Balaban J connectivity index is 1.69. The molecule has 0 bridgehead atoms. The van der Waals surface area contributed by atoms with Gasteiger partial charge in [-0.05, 0) is 24.3 Å². The first-order chi connectivity index (χ1) is 12.1. The van der Waals surface area contributed by atoms with Crippen molar-refractivity contribution in [3.05, 3.63) is 59.9 Å². The van der Waals surface area contributed by atoms with Crippen molar-refractivity contribution in [2.24, 2.45) is 0 Å². The van der Waals surface area contributed by atoms with Crippen LogP contribution in [0, 0.1) is 5.82 Å². The number of amides is 2. The molecule has 2 aromatic carbocycles. The summed E-state index contributed by atoms with van der Waals surface area (Å²) in [5.74, 6) is -0.490. The highest BCUT2D eigenvalue weighted by Crippen LogP contribution is 2.25. The number of benzene rings is 2. The minimum absolute atomic E-state index is 0.102. The Morgan fingerprint density at radius 3 is 2.40 bits per heavy atom. The Hall–Kier alpha value is -3.09. The van der Waals surface area contributed by atoms with Gasteiger partial charge in [0.05, 0.1) is 25.8 Å². The summed E-state index contributed by atoms with van der Waals surface area (Å²) in [6, 6.07) is 12.7. The van der Waals surface area contributed by atoms with Crippen LogP contribution >= 0.6 is 0 Å². The maximum atomic E-state index is 13.4. The number of hydrogen-bond donors (Lipinski definition) is 2. The van der Waals surface area contributed by atoms with Gasteiger partial charge in [-0.2, -0.15) is 0 Å². The second-order valence-electron chi connectivity index (χ2n) is 5.01. The number of rotatable bonds is 8. The predicted molar refractivity (Wildman–Crippen MR) is 90.2 cm³/mol. The van der Waals surface area contributed by atoms with Crippen molar-refractivity contribution in [2.75, 3.05) is 26.8 Å². The van der Waals surface area contributed by atoms with Crippen molar-refractivity contribution in [1.29, 1.82) is 0 Å². The fraction of sp³-hybridized carbons (Fsp3) is 0.222. The second kappa shape index (κ2) is 9.27. The Morgan fingerprint density at radius 1 is 1.00 bits per heavy atom. The summed E-state index contributed by atoms with van der Waals surface area (Å²) in [5, 5.41) is 4.96. The second-order valence-corrected chi connectivity index (χ2v) is 5.01. The van der Waals surface area contributed by atoms with Crippen LogP contribution in [0.15, 0.2) is 48.5 Å². The van der Waals surface area contributed by atoms with Crippen molar-refractivity contribution in [3.8, 4) is 11.5 Å². The van der Waals surface area contributed by atoms with E-state index in [4.69, 9.17) is 9.47 Å². The van der Waals surface area contributed by atoms with E-state index >= 15 is 0 Å². The van der Waals surface area contributed by atoms with E-state index in [1.54, 1.807) is 25.3 Å². The summed E-state index contributed by atoms with van der Waals surface area (Å²) >= 11 is 0. The van der Waals surface area contributed by atoms with Gasteiger partial charge in [0.2, 0.25) is 5.91 Å². The first kappa shape index (κ1) is 18.3. The van der Waals surface area contributed by atoms with E-state index < -0.39 is 17.6 Å². The van der Waals surface area contributed by atoms with Crippen LogP contribution in [0.3, 0.4) is 0 Å². The van der Waals surface area contributed by atoms with E-state index in [0.29, 0.717) is 11.5 Å². The monoisotopic (exact) mass is 346 g/mol. The number of ether oxygens (including phenoxy) is 2. The highest BCUT2D eigenvalue weighted by molar-refractivity contribution is 5.96. The first-order valence-corrected chi connectivity index (χ1v) is 7.67. The molecule has 0 spiro atoms. The van der Waals surface area contributed by atoms with Gasteiger partial charge in [0.25, 0.3) is 5.91 Å². The van der Waals surface area contributed by atoms with Gasteiger partial charge in [-0.1, -0.05) is 24.3 Å². The molecule has 0 aromatic heterocycles. The summed E-state index contributed by atoms with van der Waals surface area (Å²) in [7, 11) is 1.54. The number of hydrogen-bond acceptors (Lipinski definition) is 4. The first-order valence-electron chi connectivity index (χ1n) is 7.67. The average molecular weight is 346 g/mol. The third-order valence-corrected chi connectivity index (χ3v) is 3.28. The molecule has 25 heavy (non-hydrogen) atoms. The summed E-state index contributed by atoms with van der Waals surface area (Å²) < 4.78 is 24.1. The molecule has 2 amide bonds. The maximum Gasteiger partial charge on any atom is 0.254 e. The van der Waals surface area contributed by atoms with E-state index in [1.807, 2.05) is 12.1 Å². The largest absolute Gasteiger partial charge is 0.493 e. The van der Waals surface area contributed by atoms with E-state index in [0.717, 1.165) is 0 Å². The van der Waals surface area contributed by atoms with Gasteiger partial charge in [0, 0.05) is 0 Å². The number of carbonyl (C=O) groups is 2. The molecule has 2 N–H and O–H groups in total. The minimum atomic E-state index is -0.640. The zero-order chi connectivity index (χ0) is 18.1. The van der Waals surface area contributed by atoms with Crippen LogP contribution in [0.1, 0.15) is 10.4 Å². The van der Waals surface area contributed by atoms with Crippen molar-refractivity contribution in [3.63, 3.8) is 0 Å². The fourth-order valence-electron chi connectivity index (χ4n) is 2.05. The molecule has 132 valence electrons. The molecule has 0 unspecified atom stereocenters. The van der Waals surface area contributed by atoms with Gasteiger partial charge in [-0.25, -0.2) is 4.39 Å². The van der Waals surface area contributed by atoms with E-state index in [1.165, 1.54) is 18.2 Å². The topological polar surface area (TPSA) is 76.7 Å². The molecule has 2 rings (SSSR count). The van der Waals surface area contributed by atoms with Crippen LogP contribution in [0.25, 0.3) is 0 Å². The zero-order valence-electron chi connectivity index (χ0n) is 13.8. The van der Waals surface area contributed by atoms with E-state index in [9.17, 15) is 14.0 Å². The Bertz CT molecular complexity index is 737. The van der Waals surface area contributed by atoms with Gasteiger partial charge >= 0.3 is 0 Å². The van der Waals surface area contributed by atoms with Crippen LogP contribution in [0.5, 0.6) is 11.5 Å². The Kier molecular flexibility index (Phi) is 6.76. The maximum absolute atomic E-state index is 13.4. The standard InChI is InChI=1S/C18H19FN2O4/c1-24-15-8-4-5-9-16(15)25-11-10-20-17(22)12-21-18(23)13-6-2-3-7-14(13)19/h2-9H,10-12H2,1H3,(H,20,22)(H,21,23). The summed E-state index contributed by atoms with van der Waals surface area (Å²) in [4.78, 5) is 23.5. The van der Waals surface area contributed by atoms with Crippen LogP contribution in [-0.2, 0) is 4.79 Å². The molecule has 0 radical (unpaired) electrons. The lowest BCUT2D eigenvalue weighted by molar-refractivity contribution is -0.120. The van der Waals surface area contributed by atoms with Crippen molar-refractivity contribution in [2.45, 2.75) is 0 Å². The Labute approximate surface area is 144 Å². The molecule has 0 saturated heterocycles. The predicted octanol–water partition coefficient (Wildman–Crippen LogP) is 1.76. The lowest BCUT2D eigenvalue weighted by Gasteiger charge is -2.11. The summed E-state index contributed by atoms with van der Waals surface area (Å²) in [6.45, 7) is 0.252. The summed E-state index contributed by atoms with van der Waals surface area (Å²) in [5.41, 5.74) is -0.102. The highest BCUT2D eigenvalue weighted by Gasteiger charge is 2.11. The van der Waals surface area contributed by atoms with Gasteiger partial charge in [-0.15, -0.1) is 0 Å². The lowest BCUT2D eigenvalue weighted by atomic mass is 10.2. The van der Waals surface area contributed by atoms with Gasteiger partial charge in [0.15, 0.2) is 11.5 Å². The van der Waals surface area contributed by atoms with Crippen LogP contribution in [0.2, 0.25) is 0 Å². The third kappa shape index (κ3) is 5.49. The lowest BCUT2D eigenvalue weighted by Crippen LogP contribution is -2.38. The molecule has 6 nitrogen and oxygen atoms in total. The molecular formula is C18H19FN2O4. The molecule has 0 aliphatic heterocycles. The molecule has 7 heteroatoms. The van der Waals surface area contributed by atoms with E-state index in [-0.39, 0.29) is 25.3 Å². The van der Waals surface area contributed by atoms with Crippen LogP contribution in [-0.4, -0.2) is 38.6 Å². The van der Waals surface area contributed by atoms with Crippen molar-refractivity contribution < 1.29 is 23.5 Å². The molecule has 0 aliphatic carbocycles. The van der Waals surface area contributed by atoms with Crippen LogP contribution in [0.4, 0.5) is 4.39 Å². The van der Waals surface area contributed by atoms with Crippen LogP contribution < -0.4 is 20.1 Å². The molecule has 0 heterocycles. The third-order valence-electron chi connectivity index (χ3n) is 3.28. The van der Waals surface area contributed by atoms with Crippen molar-refractivity contribution in [1.82, 2.24) is 10.6 Å². The number of nitrogens with one attached hydrogen (secondary N) is 2. The number of methoxy groups -OCH3 is 1. The normalized spacial score (nSPS) is 10.0. The molecule has 0 atom stereocenters. The fourth-order valence-corrected chi connectivity index (χ4v) is 2.05. The quantitative estimate of drug-likeness (QED) is 0.714. The molecule has 0 aliphatic rings. The minimum Gasteiger partial charge on any atom is -0.493 e. The smallest absolute Gasteiger partial charge is 0.254 e. The SMILES string of the molecule is COc1ccccc1OCCNC(=O)CNC(=O)c1ccccc1F. The number of halogens is 1. The highest BCUT2D eigenvalue weighted by atomic mass is 19.1. The molecular weight excluding hydrogens is 327 g/mol. The Morgan fingerprint density at radius 2 is 1.68 bits per heavy atom. The van der Waals surface area contributed by atoms with Gasteiger partial charge in [0.1, 0.15) is 12.4 Å². The van der Waals surface area contributed by atoms with E-state index in [2.05, 4.69) is 10.6 Å². The van der Waals surface area contributed by atoms with Crippen molar-refractivity contribution >= 4 is 11.8 Å².